The van der Waals surface area contributed by atoms with Crippen LogP contribution in [0.5, 0.6) is 0 Å². The van der Waals surface area contributed by atoms with Crippen molar-refractivity contribution in [3.8, 4) is 0 Å². The first-order chi connectivity index (χ1) is 12.8. The molecule has 6 nitrogen and oxygen atoms in total. The van der Waals surface area contributed by atoms with E-state index in [1.54, 1.807) is 25.2 Å². The number of hydrogen-bond acceptors (Lipinski definition) is 4. The molecule has 0 bridgehead atoms. The molecule has 0 saturated heterocycles. The van der Waals surface area contributed by atoms with E-state index in [-0.39, 0.29) is 22.9 Å². The van der Waals surface area contributed by atoms with E-state index in [1.165, 1.54) is 16.8 Å². The predicted molar refractivity (Wildman–Crippen MR) is 108 cm³/mol. The van der Waals surface area contributed by atoms with E-state index in [1.807, 2.05) is 0 Å². The molecule has 27 heavy (non-hydrogen) atoms. The van der Waals surface area contributed by atoms with E-state index in [0.29, 0.717) is 18.0 Å². The molecule has 1 fully saturated rings. The lowest BCUT2D eigenvalue weighted by molar-refractivity contribution is 0.0933. The maximum atomic E-state index is 13.0. The second kappa shape index (κ2) is 9.66. The number of rotatable bonds is 8. The summed E-state index contributed by atoms with van der Waals surface area (Å²) in [6.45, 7) is 4.50. The quantitative estimate of drug-likeness (QED) is 0.708. The molecule has 1 saturated carbocycles. The lowest BCUT2D eigenvalue weighted by Gasteiger charge is -2.30. The monoisotopic (exact) mass is 395 g/mol. The average molecular weight is 396 g/mol. The number of nitrogens with one attached hydrogen (secondary N) is 1. The van der Waals surface area contributed by atoms with Crippen LogP contribution >= 0.6 is 0 Å². The average Bonchev–Trinajstić information content (AvgIpc) is 2.67. The first-order valence-electron chi connectivity index (χ1n) is 9.84. The van der Waals surface area contributed by atoms with Gasteiger partial charge in [0.05, 0.1) is 4.90 Å². The topological polar surface area (TPSA) is 92.5 Å². The molecule has 2 rings (SSSR count). The smallest absolute Gasteiger partial charge is 0.251 e. The number of carbonyl (C=O) groups is 1. The highest BCUT2D eigenvalue weighted by Gasteiger charge is 2.29. The van der Waals surface area contributed by atoms with Crippen LogP contribution in [0.15, 0.2) is 29.2 Å². The molecule has 7 heteroatoms. The zero-order valence-corrected chi connectivity index (χ0v) is 17.5. The molecule has 0 aliphatic heterocycles. The Kier molecular flexibility index (Phi) is 7.82. The number of nitrogens with two attached hydrogens (primary N) is 1. The van der Waals surface area contributed by atoms with Gasteiger partial charge in [-0.1, -0.05) is 39.2 Å². The summed E-state index contributed by atoms with van der Waals surface area (Å²) >= 11 is 0. The van der Waals surface area contributed by atoms with Gasteiger partial charge in [0.1, 0.15) is 0 Å². The fourth-order valence-electron chi connectivity index (χ4n) is 3.66. The normalized spacial score (nSPS) is 17.3. The summed E-state index contributed by atoms with van der Waals surface area (Å²) in [5, 5.41) is 2.91. The number of benzene rings is 1. The van der Waals surface area contributed by atoms with Crippen molar-refractivity contribution in [3.05, 3.63) is 29.8 Å². The van der Waals surface area contributed by atoms with Crippen molar-refractivity contribution in [2.45, 2.75) is 69.4 Å². The molecular weight excluding hydrogens is 362 g/mol. The van der Waals surface area contributed by atoms with Crippen LogP contribution in [0.1, 0.15) is 62.7 Å². The highest BCUT2D eigenvalue weighted by Crippen LogP contribution is 2.26. The van der Waals surface area contributed by atoms with Crippen LogP contribution in [0.4, 0.5) is 0 Å². The second-order valence-corrected chi connectivity index (χ2v) is 9.87. The van der Waals surface area contributed by atoms with Gasteiger partial charge in [0.15, 0.2) is 0 Å². The first-order valence-corrected chi connectivity index (χ1v) is 11.3. The van der Waals surface area contributed by atoms with Gasteiger partial charge in [-0.3, -0.25) is 4.79 Å². The summed E-state index contributed by atoms with van der Waals surface area (Å²) in [6.07, 6.45) is 5.85. The van der Waals surface area contributed by atoms with E-state index in [0.717, 1.165) is 32.1 Å². The summed E-state index contributed by atoms with van der Waals surface area (Å²) in [5.41, 5.74) is 6.09. The van der Waals surface area contributed by atoms with E-state index >= 15 is 0 Å². The Morgan fingerprint density at radius 2 is 1.93 bits per heavy atom. The molecule has 1 atom stereocenters. The van der Waals surface area contributed by atoms with Gasteiger partial charge >= 0.3 is 0 Å². The number of nitrogens with zero attached hydrogens (tertiary/aromatic N) is 1. The third-order valence-corrected chi connectivity index (χ3v) is 7.14. The Labute approximate surface area is 163 Å². The summed E-state index contributed by atoms with van der Waals surface area (Å²) in [6, 6.07) is 6.19. The van der Waals surface area contributed by atoms with Crippen molar-refractivity contribution in [2.75, 3.05) is 13.6 Å². The Morgan fingerprint density at radius 3 is 2.52 bits per heavy atom. The Balaban J connectivity index is 2.16. The van der Waals surface area contributed by atoms with Crippen molar-refractivity contribution < 1.29 is 13.2 Å². The minimum atomic E-state index is -3.62. The zero-order valence-electron chi connectivity index (χ0n) is 16.6. The van der Waals surface area contributed by atoms with E-state index in [4.69, 9.17) is 5.73 Å². The molecule has 3 N–H and O–H groups in total. The number of carbonyl (C=O) groups excluding carboxylic acids is 1. The van der Waals surface area contributed by atoms with Crippen LogP contribution in [-0.2, 0) is 10.0 Å². The van der Waals surface area contributed by atoms with Crippen molar-refractivity contribution in [2.24, 2.45) is 11.7 Å². The van der Waals surface area contributed by atoms with Gasteiger partial charge in [-0.15, -0.1) is 0 Å². The van der Waals surface area contributed by atoms with Crippen LogP contribution in [0.25, 0.3) is 0 Å². The Hall–Kier alpha value is -1.44. The van der Waals surface area contributed by atoms with Gasteiger partial charge in [-0.25, -0.2) is 8.42 Å². The molecule has 0 spiro atoms. The highest BCUT2D eigenvalue weighted by molar-refractivity contribution is 7.89. The molecule has 1 aliphatic carbocycles. The minimum absolute atomic E-state index is 0.0360. The molecule has 1 aliphatic rings. The maximum Gasteiger partial charge on any atom is 0.251 e. The maximum absolute atomic E-state index is 13.0. The van der Waals surface area contributed by atoms with Crippen LogP contribution in [0.3, 0.4) is 0 Å². The number of amides is 1. The predicted octanol–water partition coefficient (Wildman–Crippen LogP) is 2.74. The van der Waals surface area contributed by atoms with Crippen molar-refractivity contribution >= 4 is 15.9 Å². The Morgan fingerprint density at radius 1 is 1.26 bits per heavy atom. The van der Waals surface area contributed by atoms with Gasteiger partial charge in [0, 0.05) is 31.2 Å². The SMILES string of the molecule is CC(C)CC(CN)NC(=O)c1cccc(S(=O)(=O)N(C)C2CCCCC2)c1. The molecule has 0 heterocycles. The van der Waals surface area contributed by atoms with Gasteiger partial charge < -0.3 is 11.1 Å². The zero-order chi connectivity index (χ0) is 20.0. The Bertz CT molecular complexity index is 728. The summed E-state index contributed by atoms with van der Waals surface area (Å²) in [4.78, 5) is 12.7. The van der Waals surface area contributed by atoms with E-state index in [2.05, 4.69) is 19.2 Å². The van der Waals surface area contributed by atoms with Gasteiger partial charge in [0.2, 0.25) is 10.0 Å². The summed E-state index contributed by atoms with van der Waals surface area (Å²) < 4.78 is 27.5. The third kappa shape index (κ3) is 5.77. The molecule has 152 valence electrons. The molecule has 0 aromatic heterocycles. The molecular formula is C20H33N3O3S. The van der Waals surface area contributed by atoms with E-state index in [9.17, 15) is 13.2 Å². The molecule has 1 unspecified atom stereocenters. The minimum Gasteiger partial charge on any atom is -0.348 e. The lowest BCUT2D eigenvalue weighted by atomic mass is 9.96. The third-order valence-electron chi connectivity index (χ3n) is 5.24. The van der Waals surface area contributed by atoms with Gasteiger partial charge in [-0.05, 0) is 43.4 Å². The lowest BCUT2D eigenvalue weighted by Crippen LogP contribution is -2.41. The van der Waals surface area contributed by atoms with E-state index < -0.39 is 10.0 Å². The summed E-state index contributed by atoms with van der Waals surface area (Å²) in [5.74, 6) is 0.123. The fraction of sp³-hybridized carbons (Fsp3) is 0.650. The highest BCUT2D eigenvalue weighted by atomic mass is 32.2. The van der Waals surface area contributed by atoms with Crippen LogP contribution in [0.2, 0.25) is 0 Å². The molecule has 1 aromatic carbocycles. The molecule has 0 radical (unpaired) electrons. The van der Waals surface area contributed by atoms with Crippen molar-refractivity contribution in [1.82, 2.24) is 9.62 Å². The first kappa shape index (κ1) is 21.9. The van der Waals surface area contributed by atoms with Crippen LogP contribution in [-0.4, -0.2) is 44.3 Å². The summed E-state index contributed by atoms with van der Waals surface area (Å²) in [7, 11) is -1.98. The number of hydrogen-bond donors (Lipinski definition) is 2. The fourth-order valence-corrected chi connectivity index (χ4v) is 5.12. The van der Waals surface area contributed by atoms with Gasteiger partial charge in [-0.2, -0.15) is 4.31 Å². The number of sulfonamides is 1. The molecule has 1 aromatic rings. The largest absolute Gasteiger partial charge is 0.348 e. The molecule has 1 amide bonds. The standard InChI is InChI=1S/C20H33N3O3S/c1-15(2)12-17(14-21)22-20(24)16-8-7-11-19(13-16)27(25,26)23(3)18-9-5-4-6-10-18/h7-8,11,13,15,17-18H,4-6,9-10,12,14,21H2,1-3H3,(H,22,24). The van der Waals surface area contributed by atoms with Crippen molar-refractivity contribution in [3.63, 3.8) is 0 Å². The van der Waals surface area contributed by atoms with Crippen LogP contribution < -0.4 is 11.1 Å². The van der Waals surface area contributed by atoms with Gasteiger partial charge in [0.25, 0.3) is 5.91 Å². The van der Waals surface area contributed by atoms with Crippen molar-refractivity contribution in [1.29, 1.82) is 0 Å². The second-order valence-electron chi connectivity index (χ2n) is 7.88. The van der Waals surface area contributed by atoms with Crippen LogP contribution in [0, 0.1) is 5.92 Å².